The van der Waals surface area contributed by atoms with Crippen molar-refractivity contribution < 1.29 is 19.5 Å². The first-order valence-corrected chi connectivity index (χ1v) is 7.36. The third-order valence-corrected chi connectivity index (χ3v) is 3.22. The van der Waals surface area contributed by atoms with Crippen LogP contribution in [0.1, 0.15) is 26.2 Å². The fourth-order valence-electron chi connectivity index (χ4n) is 1.51. The molecule has 3 unspecified atom stereocenters. The van der Waals surface area contributed by atoms with Gasteiger partial charge in [-0.05, 0) is 26.3 Å². The van der Waals surface area contributed by atoms with Gasteiger partial charge >= 0.3 is 5.97 Å². The minimum Gasteiger partial charge on any atom is -0.480 e. The summed E-state index contributed by atoms with van der Waals surface area (Å²) in [6.07, 6.45) is 1.98. The van der Waals surface area contributed by atoms with Crippen LogP contribution in [0, 0.1) is 0 Å². The first-order valence-electron chi connectivity index (χ1n) is 6.73. The lowest BCUT2D eigenvalue weighted by molar-refractivity contribution is -0.141. The normalized spacial score (nSPS) is 14.9. The van der Waals surface area contributed by atoms with Gasteiger partial charge in [0, 0.05) is 5.75 Å². The van der Waals surface area contributed by atoms with Crippen LogP contribution in [0.5, 0.6) is 0 Å². The summed E-state index contributed by atoms with van der Waals surface area (Å²) in [5.74, 6) is -2.28. The summed E-state index contributed by atoms with van der Waals surface area (Å²) in [6.45, 7) is 1.99. The molecule has 0 radical (unpaired) electrons. The van der Waals surface area contributed by atoms with Crippen LogP contribution in [0.15, 0.2) is 0 Å². The number of nitrogens with one attached hydrogen (secondary N) is 2. The van der Waals surface area contributed by atoms with E-state index in [4.69, 9.17) is 16.6 Å². The number of amides is 2. The Kier molecular flexibility index (Phi) is 9.76. The number of nitrogens with two attached hydrogens (primary N) is 2. The van der Waals surface area contributed by atoms with Crippen molar-refractivity contribution >= 4 is 30.4 Å². The molecule has 0 fully saturated rings. The molecule has 0 bridgehead atoms. The quantitative estimate of drug-likeness (QED) is 0.212. The summed E-state index contributed by atoms with van der Waals surface area (Å²) in [5, 5.41) is 13.5. The number of aliphatic carboxylic acids is 1. The molecule has 0 aliphatic carbocycles. The zero-order chi connectivity index (χ0) is 16.4. The standard InChI is InChI=1S/C12H24N4O4S/c1-7(10(17)16-9(6-21)12(19)20)15-11(18)8(14)4-2-3-5-13/h7-9,21H,2-6,13-14H2,1H3,(H,15,18)(H,16,17)(H,19,20). The summed E-state index contributed by atoms with van der Waals surface area (Å²) in [5.41, 5.74) is 11.0. The van der Waals surface area contributed by atoms with E-state index in [1.165, 1.54) is 6.92 Å². The molecule has 0 aromatic carbocycles. The Balaban J connectivity index is 4.27. The predicted octanol–water partition coefficient (Wildman–Crippen LogP) is -1.55. The summed E-state index contributed by atoms with van der Waals surface area (Å²) in [4.78, 5) is 34.3. The van der Waals surface area contributed by atoms with Gasteiger partial charge in [0.2, 0.25) is 11.8 Å². The van der Waals surface area contributed by atoms with Crippen molar-refractivity contribution in [2.45, 2.75) is 44.3 Å². The van der Waals surface area contributed by atoms with Crippen LogP contribution in [0.4, 0.5) is 0 Å². The lowest BCUT2D eigenvalue weighted by Crippen LogP contribution is -2.53. The lowest BCUT2D eigenvalue weighted by Gasteiger charge is -2.19. The van der Waals surface area contributed by atoms with Crippen LogP contribution in [-0.2, 0) is 14.4 Å². The number of hydrogen-bond acceptors (Lipinski definition) is 6. The highest BCUT2D eigenvalue weighted by Crippen LogP contribution is 1.99. The van der Waals surface area contributed by atoms with Crippen LogP contribution in [0.3, 0.4) is 0 Å². The van der Waals surface area contributed by atoms with E-state index in [0.717, 1.165) is 12.8 Å². The number of thiol groups is 1. The van der Waals surface area contributed by atoms with Crippen LogP contribution in [0.2, 0.25) is 0 Å². The highest BCUT2D eigenvalue weighted by Gasteiger charge is 2.24. The van der Waals surface area contributed by atoms with Crippen molar-refractivity contribution in [1.82, 2.24) is 10.6 Å². The fourth-order valence-corrected chi connectivity index (χ4v) is 1.76. The van der Waals surface area contributed by atoms with Gasteiger partial charge in [-0.3, -0.25) is 9.59 Å². The van der Waals surface area contributed by atoms with E-state index < -0.39 is 35.9 Å². The molecule has 9 heteroatoms. The Labute approximate surface area is 129 Å². The fraction of sp³-hybridized carbons (Fsp3) is 0.750. The molecule has 2 amide bonds. The Hall–Kier alpha value is -1.32. The third-order valence-electron chi connectivity index (χ3n) is 2.86. The maximum atomic E-state index is 11.8. The average Bonchev–Trinajstić information content (AvgIpc) is 2.43. The number of unbranched alkanes of at least 4 members (excludes halogenated alkanes) is 1. The zero-order valence-electron chi connectivity index (χ0n) is 12.0. The molecular formula is C12H24N4O4S. The molecule has 0 aliphatic heterocycles. The first kappa shape index (κ1) is 19.7. The molecule has 0 spiro atoms. The van der Waals surface area contributed by atoms with Gasteiger partial charge < -0.3 is 27.2 Å². The van der Waals surface area contributed by atoms with Crippen molar-refractivity contribution in [2.75, 3.05) is 12.3 Å². The van der Waals surface area contributed by atoms with E-state index in [2.05, 4.69) is 23.3 Å². The van der Waals surface area contributed by atoms with Gasteiger partial charge in [-0.15, -0.1) is 0 Å². The minimum atomic E-state index is -1.18. The molecule has 7 N–H and O–H groups in total. The molecule has 8 nitrogen and oxygen atoms in total. The Morgan fingerprint density at radius 2 is 1.81 bits per heavy atom. The van der Waals surface area contributed by atoms with Gasteiger partial charge in [0.1, 0.15) is 12.1 Å². The number of carboxylic acid groups (broad SMARTS) is 1. The van der Waals surface area contributed by atoms with Gasteiger partial charge in [-0.2, -0.15) is 12.6 Å². The molecule has 0 saturated carbocycles. The van der Waals surface area contributed by atoms with E-state index in [1.54, 1.807) is 0 Å². The molecule has 0 saturated heterocycles. The van der Waals surface area contributed by atoms with E-state index in [1.807, 2.05) is 0 Å². The molecule has 3 atom stereocenters. The van der Waals surface area contributed by atoms with Crippen LogP contribution in [0.25, 0.3) is 0 Å². The number of rotatable bonds is 10. The molecule has 0 rings (SSSR count). The molecule has 0 aromatic heterocycles. The monoisotopic (exact) mass is 320 g/mol. The average molecular weight is 320 g/mol. The maximum Gasteiger partial charge on any atom is 0.327 e. The van der Waals surface area contributed by atoms with E-state index in [0.29, 0.717) is 13.0 Å². The van der Waals surface area contributed by atoms with Gasteiger partial charge in [0.25, 0.3) is 0 Å². The predicted molar refractivity (Wildman–Crippen MR) is 81.9 cm³/mol. The van der Waals surface area contributed by atoms with Crippen molar-refractivity contribution in [2.24, 2.45) is 11.5 Å². The Morgan fingerprint density at radius 1 is 1.19 bits per heavy atom. The zero-order valence-corrected chi connectivity index (χ0v) is 12.9. The largest absolute Gasteiger partial charge is 0.480 e. The van der Waals surface area contributed by atoms with Crippen LogP contribution < -0.4 is 22.1 Å². The van der Waals surface area contributed by atoms with E-state index >= 15 is 0 Å². The second-order valence-corrected chi connectivity index (χ2v) is 5.07. The van der Waals surface area contributed by atoms with Crippen molar-refractivity contribution in [3.63, 3.8) is 0 Å². The number of hydrogen-bond donors (Lipinski definition) is 6. The Morgan fingerprint density at radius 3 is 2.29 bits per heavy atom. The maximum absolute atomic E-state index is 11.8. The van der Waals surface area contributed by atoms with Gasteiger partial charge in [0.15, 0.2) is 0 Å². The van der Waals surface area contributed by atoms with Crippen molar-refractivity contribution in [3.8, 4) is 0 Å². The highest BCUT2D eigenvalue weighted by atomic mass is 32.1. The first-order chi connectivity index (χ1) is 9.83. The molecule has 0 aromatic rings. The van der Waals surface area contributed by atoms with Crippen molar-refractivity contribution in [1.29, 1.82) is 0 Å². The molecule has 0 heterocycles. The SMILES string of the molecule is CC(NC(=O)C(N)CCCCN)C(=O)NC(CS)C(=O)O. The van der Waals surface area contributed by atoms with Gasteiger partial charge in [-0.1, -0.05) is 6.42 Å². The third kappa shape index (κ3) is 7.88. The molecule has 0 aliphatic rings. The summed E-state index contributed by atoms with van der Waals surface area (Å²) in [7, 11) is 0. The van der Waals surface area contributed by atoms with Crippen LogP contribution >= 0.6 is 12.6 Å². The number of carbonyl (C=O) groups is 3. The Bertz CT molecular complexity index is 367. The van der Waals surface area contributed by atoms with Gasteiger partial charge in [-0.25, -0.2) is 4.79 Å². The van der Waals surface area contributed by atoms with Gasteiger partial charge in [0.05, 0.1) is 6.04 Å². The topological polar surface area (TPSA) is 148 Å². The molecule has 21 heavy (non-hydrogen) atoms. The number of carboxylic acids is 1. The molecule has 122 valence electrons. The number of carbonyl (C=O) groups excluding carboxylic acids is 2. The van der Waals surface area contributed by atoms with E-state index in [-0.39, 0.29) is 5.75 Å². The lowest BCUT2D eigenvalue weighted by atomic mass is 10.1. The summed E-state index contributed by atoms with van der Waals surface area (Å²) < 4.78 is 0. The summed E-state index contributed by atoms with van der Waals surface area (Å²) >= 11 is 3.84. The smallest absolute Gasteiger partial charge is 0.327 e. The molecular weight excluding hydrogens is 296 g/mol. The van der Waals surface area contributed by atoms with Crippen molar-refractivity contribution in [3.05, 3.63) is 0 Å². The minimum absolute atomic E-state index is 0.0413. The highest BCUT2D eigenvalue weighted by molar-refractivity contribution is 7.80. The second kappa shape index (κ2) is 10.4. The van der Waals surface area contributed by atoms with E-state index in [9.17, 15) is 14.4 Å². The second-order valence-electron chi connectivity index (χ2n) is 4.70. The van der Waals surface area contributed by atoms with Crippen LogP contribution in [-0.4, -0.2) is 53.3 Å². The summed E-state index contributed by atoms with van der Waals surface area (Å²) in [6, 6.07) is -2.69.